The molecule has 0 aliphatic rings. The number of amides is 1. The summed E-state index contributed by atoms with van der Waals surface area (Å²) < 4.78 is 37.6. The highest BCUT2D eigenvalue weighted by atomic mass is 19.4. The summed E-state index contributed by atoms with van der Waals surface area (Å²) in [6.45, 7) is 2.40. The maximum absolute atomic E-state index is 12.5. The highest BCUT2D eigenvalue weighted by Crippen LogP contribution is 2.28. The van der Waals surface area contributed by atoms with Crippen molar-refractivity contribution in [1.29, 1.82) is 0 Å². The summed E-state index contributed by atoms with van der Waals surface area (Å²) in [5.41, 5.74) is 2.03. The molecule has 0 saturated carbocycles. The second-order valence-corrected chi connectivity index (χ2v) is 3.73. The van der Waals surface area contributed by atoms with Gasteiger partial charge in [0, 0.05) is 25.6 Å². The number of nitrogens with one attached hydrogen (secondary N) is 3. The quantitative estimate of drug-likeness (QED) is 0.455. The summed E-state index contributed by atoms with van der Waals surface area (Å²) in [5, 5.41) is 5.18. The maximum Gasteiger partial charge on any atom is 0.451 e. The predicted molar refractivity (Wildman–Crippen MR) is 66.6 cm³/mol. The summed E-state index contributed by atoms with van der Waals surface area (Å²) in [6, 6.07) is 1.22. The zero-order valence-corrected chi connectivity index (χ0v) is 10.7. The molecule has 0 bridgehead atoms. The topological polar surface area (TPSA) is 105 Å². The summed E-state index contributed by atoms with van der Waals surface area (Å²) in [4.78, 5) is 17.7. The normalized spacial score (nSPS) is 11.1. The molecule has 0 atom stereocenters. The molecule has 0 radical (unpaired) electrons. The first-order valence-corrected chi connectivity index (χ1v) is 5.80. The van der Waals surface area contributed by atoms with E-state index in [0.29, 0.717) is 6.54 Å². The largest absolute Gasteiger partial charge is 0.451 e. The van der Waals surface area contributed by atoms with Gasteiger partial charge in [0.15, 0.2) is 0 Å². The molecule has 1 rings (SSSR count). The van der Waals surface area contributed by atoms with E-state index in [-0.39, 0.29) is 30.5 Å². The Balaban J connectivity index is 2.72. The second kappa shape index (κ2) is 6.89. The van der Waals surface area contributed by atoms with Crippen LogP contribution >= 0.6 is 0 Å². The molecule has 1 amide bonds. The fraction of sp³-hybridized carbons (Fsp3) is 0.500. The fourth-order valence-corrected chi connectivity index (χ4v) is 1.33. The van der Waals surface area contributed by atoms with Crippen LogP contribution in [0, 0.1) is 0 Å². The number of anilines is 2. The zero-order chi connectivity index (χ0) is 15.2. The Morgan fingerprint density at radius 1 is 1.35 bits per heavy atom. The molecule has 20 heavy (non-hydrogen) atoms. The molecule has 0 fully saturated rings. The number of carbonyl (C=O) groups is 1. The first-order chi connectivity index (χ1) is 9.36. The number of nitrogen functional groups attached to an aromatic ring is 1. The average molecular weight is 292 g/mol. The van der Waals surface area contributed by atoms with E-state index in [9.17, 15) is 18.0 Å². The van der Waals surface area contributed by atoms with Crippen LogP contribution in [0.1, 0.15) is 19.2 Å². The van der Waals surface area contributed by atoms with E-state index in [0.717, 1.165) is 0 Å². The van der Waals surface area contributed by atoms with Crippen LogP contribution in [0.4, 0.5) is 24.8 Å². The highest BCUT2D eigenvalue weighted by Gasteiger charge is 2.35. The number of hydrogen-bond donors (Lipinski definition) is 4. The van der Waals surface area contributed by atoms with Crippen LogP contribution in [0.15, 0.2) is 6.07 Å². The average Bonchev–Trinajstić information content (AvgIpc) is 2.37. The number of halogens is 3. The summed E-state index contributed by atoms with van der Waals surface area (Å²) in [5.74, 6) is 3.29. The van der Waals surface area contributed by atoms with E-state index in [4.69, 9.17) is 5.84 Å². The molecular weight excluding hydrogens is 277 g/mol. The molecule has 5 N–H and O–H groups in total. The molecule has 112 valence electrons. The molecule has 10 heteroatoms. The Labute approximate surface area is 113 Å². The third kappa shape index (κ3) is 4.88. The van der Waals surface area contributed by atoms with Gasteiger partial charge in [-0.15, -0.1) is 0 Å². The second-order valence-electron chi connectivity index (χ2n) is 3.73. The molecule has 1 aromatic heterocycles. The van der Waals surface area contributed by atoms with Gasteiger partial charge in [0.05, 0.1) is 0 Å². The van der Waals surface area contributed by atoms with Gasteiger partial charge in [0.25, 0.3) is 0 Å². The minimum Gasteiger partial charge on any atom is -0.369 e. The molecule has 0 unspecified atom stereocenters. The van der Waals surface area contributed by atoms with Crippen LogP contribution in [0.2, 0.25) is 0 Å². The number of nitrogens with zero attached hydrogens (tertiary/aromatic N) is 2. The molecule has 0 aliphatic carbocycles. The number of hydrazine groups is 1. The van der Waals surface area contributed by atoms with Crippen LogP contribution < -0.4 is 21.9 Å². The van der Waals surface area contributed by atoms with Crippen LogP contribution in [-0.4, -0.2) is 29.0 Å². The number of nitrogens with two attached hydrogens (primary N) is 1. The van der Waals surface area contributed by atoms with Crippen molar-refractivity contribution in [2.45, 2.75) is 19.5 Å². The Kier molecular flexibility index (Phi) is 5.50. The van der Waals surface area contributed by atoms with Gasteiger partial charge < -0.3 is 16.1 Å². The summed E-state index contributed by atoms with van der Waals surface area (Å²) >= 11 is 0. The Hall–Kier alpha value is -2.10. The van der Waals surface area contributed by atoms with Crippen LogP contribution in [0.25, 0.3) is 0 Å². The van der Waals surface area contributed by atoms with Gasteiger partial charge in [-0.2, -0.15) is 13.2 Å². The van der Waals surface area contributed by atoms with E-state index in [2.05, 4.69) is 20.6 Å². The lowest BCUT2D eigenvalue weighted by Crippen LogP contribution is -2.25. The molecular formula is C10H15F3N6O. The molecule has 1 heterocycles. The maximum atomic E-state index is 12.5. The molecule has 1 aromatic rings. The molecule has 7 nitrogen and oxygen atoms in total. The van der Waals surface area contributed by atoms with Crippen molar-refractivity contribution in [3.8, 4) is 0 Å². The van der Waals surface area contributed by atoms with Crippen LogP contribution in [-0.2, 0) is 11.0 Å². The van der Waals surface area contributed by atoms with Crippen molar-refractivity contribution in [2.24, 2.45) is 5.84 Å². The highest BCUT2D eigenvalue weighted by molar-refractivity contribution is 5.76. The lowest BCUT2D eigenvalue weighted by molar-refractivity contribution is -0.144. The first-order valence-electron chi connectivity index (χ1n) is 5.80. The van der Waals surface area contributed by atoms with Crippen LogP contribution in [0.5, 0.6) is 0 Å². The number of alkyl halides is 3. The van der Waals surface area contributed by atoms with Gasteiger partial charge in [0.2, 0.25) is 11.7 Å². The lowest BCUT2D eigenvalue weighted by Gasteiger charge is -2.11. The Bertz CT molecular complexity index is 465. The van der Waals surface area contributed by atoms with E-state index in [1.54, 1.807) is 6.92 Å². The molecule has 0 aliphatic heterocycles. The smallest absolute Gasteiger partial charge is 0.369 e. The lowest BCUT2D eigenvalue weighted by atomic mass is 10.4. The minimum absolute atomic E-state index is 0.0652. The van der Waals surface area contributed by atoms with Gasteiger partial charge in [-0.25, -0.2) is 15.8 Å². The van der Waals surface area contributed by atoms with Crippen molar-refractivity contribution in [3.05, 3.63) is 11.9 Å². The van der Waals surface area contributed by atoms with Crippen molar-refractivity contribution >= 4 is 17.5 Å². The van der Waals surface area contributed by atoms with Crippen molar-refractivity contribution in [2.75, 3.05) is 23.8 Å². The monoisotopic (exact) mass is 292 g/mol. The SMILES string of the molecule is CCNC(=O)CCNc1cc(NN)nc(C(F)(F)F)n1. The van der Waals surface area contributed by atoms with E-state index in [1.807, 2.05) is 5.43 Å². The van der Waals surface area contributed by atoms with Gasteiger partial charge in [-0.05, 0) is 6.92 Å². The summed E-state index contributed by atoms with van der Waals surface area (Å²) in [7, 11) is 0. The van der Waals surface area contributed by atoms with Crippen molar-refractivity contribution in [1.82, 2.24) is 15.3 Å². The Morgan fingerprint density at radius 3 is 2.55 bits per heavy atom. The first kappa shape index (κ1) is 16.0. The minimum atomic E-state index is -4.68. The number of carbonyl (C=O) groups excluding carboxylic acids is 1. The van der Waals surface area contributed by atoms with E-state index < -0.39 is 12.0 Å². The third-order valence-corrected chi connectivity index (χ3v) is 2.16. The molecule has 0 spiro atoms. The number of hydrogen-bond acceptors (Lipinski definition) is 6. The van der Waals surface area contributed by atoms with E-state index >= 15 is 0 Å². The van der Waals surface area contributed by atoms with Gasteiger partial charge in [-0.1, -0.05) is 0 Å². The van der Waals surface area contributed by atoms with Crippen molar-refractivity contribution in [3.63, 3.8) is 0 Å². The van der Waals surface area contributed by atoms with Gasteiger partial charge >= 0.3 is 6.18 Å². The molecule has 0 aromatic carbocycles. The Morgan fingerprint density at radius 2 is 2.00 bits per heavy atom. The number of aromatic nitrogens is 2. The van der Waals surface area contributed by atoms with Crippen LogP contribution in [0.3, 0.4) is 0 Å². The number of rotatable bonds is 6. The van der Waals surface area contributed by atoms with E-state index in [1.165, 1.54) is 6.07 Å². The third-order valence-electron chi connectivity index (χ3n) is 2.16. The van der Waals surface area contributed by atoms with Gasteiger partial charge in [0.1, 0.15) is 11.6 Å². The molecule has 0 saturated heterocycles. The van der Waals surface area contributed by atoms with Crippen molar-refractivity contribution < 1.29 is 18.0 Å². The fourth-order valence-electron chi connectivity index (χ4n) is 1.33. The standard InChI is InChI=1S/C10H15F3N6O/c1-2-15-8(20)3-4-16-6-5-7(19-14)18-9(17-6)10(11,12)13/h5H,2-4,14H2,1H3,(H,15,20)(H2,16,17,18,19). The predicted octanol–water partition coefficient (Wildman–Crippen LogP) is 0.719. The zero-order valence-electron chi connectivity index (χ0n) is 10.7. The van der Waals surface area contributed by atoms with Gasteiger partial charge in [-0.3, -0.25) is 4.79 Å². The summed E-state index contributed by atoms with van der Waals surface area (Å²) in [6.07, 6.45) is -4.56.